The van der Waals surface area contributed by atoms with Crippen molar-refractivity contribution in [1.29, 1.82) is 0 Å². The highest BCUT2D eigenvalue weighted by Gasteiger charge is 2.15. The first-order chi connectivity index (χ1) is 12.9. The number of morpholine rings is 1. The van der Waals surface area contributed by atoms with Crippen molar-refractivity contribution in [2.24, 2.45) is 18.0 Å². The van der Waals surface area contributed by atoms with Crippen molar-refractivity contribution in [1.82, 2.24) is 25.3 Å². The average Bonchev–Trinajstić information content (AvgIpc) is 2.87. The van der Waals surface area contributed by atoms with Crippen LogP contribution >= 0.6 is 0 Å². The summed E-state index contributed by atoms with van der Waals surface area (Å²) >= 11 is 0. The zero-order valence-electron chi connectivity index (χ0n) is 18.0. The highest BCUT2D eigenvalue weighted by atomic mass is 16.5. The van der Waals surface area contributed by atoms with E-state index in [-0.39, 0.29) is 0 Å². The third-order valence-corrected chi connectivity index (χ3v) is 5.13. The summed E-state index contributed by atoms with van der Waals surface area (Å²) < 4.78 is 7.39. The van der Waals surface area contributed by atoms with Crippen LogP contribution in [0, 0.1) is 19.8 Å². The molecule has 7 nitrogen and oxygen atoms in total. The number of aryl methyl sites for hydroxylation is 2. The van der Waals surface area contributed by atoms with Crippen LogP contribution in [-0.2, 0) is 18.2 Å². The maximum Gasteiger partial charge on any atom is 0.191 e. The van der Waals surface area contributed by atoms with E-state index in [4.69, 9.17) is 9.73 Å². The molecule has 7 heteroatoms. The lowest BCUT2D eigenvalue weighted by atomic mass is 10.1. The quantitative estimate of drug-likeness (QED) is 0.530. The summed E-state index contributed by atoms with van der Waals surface area (Å²) in [5, 5.41) is 11.5. The number of guanidine groups is 1. The lowest BCUT2D eigenvalue weighted by Gasteiger charge is -2.28. The van der Waals surface area contributed by atoms with Crippen molar-refractivity contribution < 1.29 is 4.74 Å². The highest BCUT2D eigenvalue weighted by molar-refractivity contribution is 5.80. The molecule has 1 aliphatic heterocycles. The molecular formula is C20H38N6O. The normalized spacial score (nSPS) is 18.4. The van der Waals surface area contributed by atoms with Crippen molar-refractivity contribution in [3.63, 3.8) is 0 Å². The van der Waals surface area contributed by atoms with E-state index in [1.165, 1.54) is 11.3 Å². The van der Waals surface area contributed by atoms with Gasteiger partial charge < -0.3 is 15.4 Å². The number of nitrogens with one attached hydrogen (secondary N) is 2. The molecule has 2 atom stereocenters. The van der Waals surface area contributed by atoms with Gasteiger partial charge in [0.15, 0.2) is 5.96 Å². The van der Waals surface area contributed by atoms with E-state index in [0.717, 1.165) is 64.0 Å². The Morgan fingerprint density at radius 3 is 2.56 bits per heavy atom. The summed E-state index contributed by atoms with van der Waals surface area (Å²) in [6, 6.07) is 0.291. The van der Waals surface area contributed by atoms with Gasteiger partial charge in [0.2, 0.25) is 0 Å². The minimum absolute atomic E-state index is 0.291. The van der Waals surface area contributed by atoms with Crippen LogP contribution in [-0.4, -0.2) is 72.6 Å². The van der Waals surface area contributed by atoms with E-state index in [2.05, 4.69) is 55.3 Å². The summed E-state index contributed by atoms with van der Waals surface area (Å²) in [7, 11) is 2.01. The molecule has 2 unspecified atom stereocenters. The summed E-state index contributed by atoms with van der Waals surface area (Å²) in [6.07, 6.45) is 0.944. The molecule has 0 aromatic carbocycles. The fourth-order valence-corrected chi connectivity index (χ4v) is 3.55. The van der Waals surface area contributed by atoms with Gasteiger partial charge in [-0.2, -0.15) is 5.10 Å². The van der Waals surface area contributed by atoms with Crippen molar-refractivity contribution in [3.05, 3.63) is 17.0 Å². The minimum Gasteiger partial charge on any atom is -0.379 e. The molecule has 1 saturated heterocycles. The largest absolute Gasteiger partial charge is 0.379 e. The molecule has 0 spiro atoms. The molecule has 154 valence electrons. The van der Waals surface area contributed by atoms with Gasteiger partial charge in [-0.1, -0.05) is 6.92 Å². The predicted molar refractivity (Wildman–Crippen MR) is 111 cm³/mol. The molecule has 2 N–H and O–H groups in total. The van der Waals surface area contributed by atoms with Gasteiger partial charge in [0.25, 0.3) is 0 Å². The fourth-order valence-electron chi connectivity index (χ4n) is 3.55. The fraction of sp³-hybridized carbons (Fsp3) is 0.800. The van der Waals surface area contributed by atoms with Crippen molar-refractivity contribution >= 4 is 5.96 Å². The third-order valence-electron chi connectivity index (χ3n) is 5.13. The molecule has 2 heterocycles. The van der Waals surface area contributed by atoms with Gasteiger partial charge in [0.1, 0.15) is 0 Å². The molecule has 0 aliphatic carbocycles. The van der Waals surface area contributed by atoms with Gasteiger partial charge in [-0.25, -0.2) is 0 Å². The zero-order chi connectivity index (χ0) is 19.8. The van der Waals surface area contributed by atoms with E-state index in [1.54, 1.807) is 0 Å². The lowest BCUT2D eigenvalue weighted by molar-refractivity contribution is 0.0323. The van der Waals surface area contributed by atoms with E-state index < -0.39 is 0 Å². The maximum atomic E-state index is 5.43. The maximum absolute atomic E-state index is 5.43. The molecule has 0 radical (unpaired) electrons. The number of nitrogens with zero attached hydrogens (tertiary/aromatic N) is 4. The van der Waals surface area contributed by atoms with Crippen molar-refractivity contribution in [2.75, 3.05) is 45.9 Å². The second-order valence-corrected chi connectivity index (χ2v) is 7.76. The monoisotopic (exact) mass is 378 g/mol. The Kier molecular flexibility index (Phi) is 8.57. The minimum atomic E-state index is 0.291. The molecule has 0 saturated carbocycles. The topological polar surface area (TPSA) is 66.7 Å². The summed E-state index contributed by atoms with van der Waals surface area (Å²) in [5.41, 5.74) is 3.68. The van der Waals surface area contributed by atoms with Crippen molar-refractivity contribution in [2.45, 2.75) is 47.1 Å². The van der Waals surface area contributed by atoms with Gasteiger partial charge in [-0.3, -0.25) is 14.6 Å². The van der Waals surface area contributed by atoms with Crippen LogP contribution in [0.3, 0.4) is 0 Å². The Morgan fingerprint density at radius 2 is 1.96 bits per heavy atom. The van der Waals surface area contributed by atoms with Gasteiger partial charge in [0, 0.05) is 51.5 Å². The molecule has 1 aliphatic rings. The summed E-state index contributed by atoms with van der Waals surface area (Å²) in [5.74, 6) is 1.43. The van der Waals surface area contributed by atoms with E-state index in [1.807, 2.05) is 11.7 Å². The molecule has 1 fully saturated rings. The lowest BCUT2D eigenvalue weighted by Crippen LogP contribution is -2.44. The van der Waals surface area contributed by atoms with Crippen LogP contribution in [0.15, 0.2) is 4.99 Å². The van der Waals surface area contributed by atoms with E-state index in [9.17, 15) is 0 Å². The first-order valence-electron chi connectivity index (χ1n) is 10.2. The number of ether oxygens (including phenoxy) is 1. The number of rotatable bonds is 8. The number of aliphatic imine (C=N–C) groups is 1. The second-order valence-electron chi connectivity index (χ2n) is 7.76. The van der Waals surface area contributed by atoms with Crippen LogP contribution in [0.1, 0.15) is 37.7 Å². The van der Waals surface area contributed by atoms with Gasteiger partial charge in [-0.15, -0.1) is 0 Å². The Morgan fingerprint density at radius 1 is 1.26 bits per heavy atom. The van der Waals surface area contributed by atoms with Crippen molar-refractivity contribution in [3.8, 4) is 0 Å². The van der Waals surface area contributed by atoms with Gasteiger partial charge >= 0.3 is 0 Å². The number of hydrogen-bond acceptors (Lipinski definition) is 4. The molecule has 2 rings (SSSR count). The molecule has 0 amide bonds. The van der Waals surface area contributed by atoms with Crippen LogP contribution in [0.2, 0.25) is 0 Å². The Hall–Kier alpha value is -1.60. The van der Waals surface area contributed by atoms with Crippen LogP contribution < -0.4 is 10.6 Å². The second kappa shape index (κ2) is 10.7. The molecule has 1 aromatic heterocycles. The SMILES string of the molecule is CCNC(=NCC(C)CN1CCOCC1)NC(C)Cc1c(C)nn(C)c1C. The first kappa shape index (κ1) is 21.7. The Labute approximate surface area is 164 Å². The summed E-state index contributed by atoms with van der Waals surface area (Å²) in [6.45, 7) is 17.3. The average molecular weight is 379 g/mol. The first-order valence-corrected chi connectivity index (χ1v) is 10.2. The Balaban J connectivity index is 1.87. The highest BCUT2D eigenvalue weighted by Crippen LogP contribution is 2.14. The Bertz CT molecular complexity index is 606. The number of hydrogen-bond donors (Lipinski definition) is 2. The van der Waals surface area contributed by atoms with Gasteiger partial charge in [0.05, 0.1) is 18.9 Å². The van der Waals surface area contributed by atoms with Gasteiger partial charge in [-0.05, 0) is 45.6 Å². The third kappa shape index (κ3) is 6.81. The standard InChI is InChI=1S/C20H38N6O/c1-7-21-20(22-13-15(2)14-26-8-10-27-11-9-26)23-16(3)12-19-17(4)24-25(6)18(19)5/h15-16H,7-14H2,1-6H3,(H2,21,22,23). The summed E-state index contributed by atoms with van der Waals surface area (Å²) in [4.78, 5) is 7.30. The van der Waals surface area contributed by atoms with E-state index in [0.29, 0.717) is 12.0 Å². The molecule has 27 heavy (non-hydrogen) atoms. The van der Waals surface area contributed by atoms with Crippen LogP contribution in [0.4, 0.5) is 0 Å². The smallest absolute Gasteiger partial charge is 0.191 e. The predicted octanol–water partition coefficient (Wildman–Crippen LogP) is 1.49. The van der Waals surface area contributed by atoms with Crippen LogP contribution in [0.25, 0.3) is 0 Å². The van der Waals surface area contributed by atoms with E-state index >= 15 is 0 Å². The number of aromatic nitrogens is 2. The molecular weight excluding hydrogens is 340 g/mol. The molecule has 1 aromatic rings. The molecule has 0 bridgehead atoms. The zero-order valence-corrected chi connectivity index (χ0v) is 18.0. The van der Waals surface area contributed by atoms with Crippen LogP contribution in [0.5, 0.6) is 0 Å².